The molecule has 0 saturated heterocycles. The lowest BCUT2D eigenvalue weighted by atomic mass is 9.92. The molecule has 2 N–H and O–H groups in total. The van der Waals surface area contributed by atoms with Gasteiger partial charge in [-0.3, -0.25) is 0 Å². The standard InChI is InChI=1S/C13H19ClN2O/c1-9(10-6-7-15-13(14)8-10)16-11-2-4-12(17)5-3-11/h6-9,11-12,16-17H,2-5H2,1H3. The van der Waals surface area contributed by atoms with Gasteiger partial charge in [-0.2, -0.15) is 0 Å². The molecule has 0 bridgehead atoms. The van der Waals surface area contributed by atoms with Gasteiger partial charge in [0.1, 0.15) is 5.15 Å². The molecule has 94 valence electrons. The Bertz CT molecular complexity index is 364. The highest BCUT2D eigenvalue weighted by Gasteiger charge is 2.20. The molecule has 1 aromatic rings. The molecular formula is C13H19ClN2O. The minimum absolute atomic E-state index is 0.0984. The minimum atomic E-state index is -0.0984. The maximum absolute atomic E-state index is 9.46. The SMILES string of the molecule is CC(NC1CCC(O)CC1)c1ccnc(Cl)c1. The van der Waals surface area contributed by atoms with Crippen molar-refractivity contribution in [3.05, 3.63) is 29.0 Å². The number of hydrogen-bond donors (Lipinski definition) is 2. The van der Waals surface area contributed by atoms with Gasteiger partial charge in [-0.1, -0.05) is 11.6 Å². The molecule has 0 aliphatic heterocycles. The van der Waals surface area contributed by atoms with Crippen LogP contribution in [0.1, 0.15) is 44.2 Å². The van der Waals surface area contributed by atoms with Gasteiger partial charge in [0, 0.05) is 18.3 Å². The third kappa shape index (κ3) is 3.66. The van der Waals surface area contributed by atoms with Gasteiger partial charge in [0.25, 0.3) is 0 Å². The van der Waals surface area contributed by atoms with Crippen LogP contribution in [0.5, 0.6) is 0 Å². The topological polar surface area (TPSA) is 45.1 Å². The lowest BCUT2D eigenvalue weighted by molar-refractivity contribution is 0.114. The van der Waals surface area contributed by atoms with E-state index >= 15 is 0 Å². The lowest BCUT2D eigenvalue weighted by Crippen LogP contribution is -2.36. The number of aromatic nitrogens is 1. The molecule has 1 atom stereocenters. The number of aliphatic hydroxyl groups is 1. The van der Waals surface area contributed by atoms with Gasteiger partial charge < -0.3 is 10.4 Å². The van der Waals surface area contributed by atoms with Gasteiger partial charge in [-0.15, -0.1) is 0 Å². The van der Waals surface area contributed by atoms with E-state index in [2.05, 4.69) is 17.2 Å². The molecule has 1 heterocycles. The van der Waals surface area contributed by atoms with E-state index in [9.17, 15) is 5.11 Å². The Morgan fingerprint density at radius 1 is 1.41 bits per heavy atom. The van der Waals surface area contributed by atoms with Crippen LogP contribution in [0.4, 0.5) is 0 Å². The van der Waals surface area contributed by atoms with Gasteiger partial charge in [0.05, 0.1) is 6.10 Å². The summed E-state index contributed by atoms with van der Waals surface area (Å²) in [5, 5.41) is 13.6. The van der Waals surface area contributed by atoms with E-state index in [4.69, 9.17) is 11.6 Å². The summed E-state index contributed by atoms with van der Waals surface area (Å²) < 4.78 is 0. The maximum Gasteiger partial charge on any atom is 0.129 e. The van der Waals surface area contributed by atoms with Crippen LogP contribution >= 0.6 is 11.6 Å². The first kappa shape index (κ1) is 12.8. The van der Waals surface area contributed by atoms with E-state index < -0.39 is 0 Å². The summed E-state index contributed by atoms with van der Waals surface area (Å²) in [5.74, 6) is 0. The van der Waals surface area contributed by atoms with Crippen molar-refractivity contribution < 1.29 is 5.11 Å². The van der Waals surface area contributed by atoms with Gasteiger partial charge in [-0.25, -0.2) is 4.98 Å². The Morgan fingerprint density at radius 3 is 2.76 bits per heavy atom. The third-order valence-corrected chi connectivity index (χ3v) is 3.64. The summed E-state index contributed by atoms with van der Waals surface area (Å²) in [6, 6.07) is 4.66. The summed E-state index contributed by atoms with van der Waals surface area (Å²) in [5.41, 5.74) is 1.16. The molecule has 3 nitrogen and oxygen atoms in total. The Kier molecular flexibility index (Phi) is 4.37. The number of nitrogens with one attached hydrogen (secondary N) is 1. The summed E-state index contributed by atoms with van der Waals surface area (Å²) in [6.07, 6.45) is 5.54. The summed E-state index contributed by atoms with van der Waals surface area (Å²) >= 11 is 5.88. The lowest BCUT2D eigenvalue weighted by Gasteiger charge is -2.29. The van der Waals surface area contributed by atoms with Crippen molar-refractivity contribution in [1.82, 2.24) is 10.3 Å². The highest BCUT2D eigenvalue weighted by molar-refractivity contribution is 6.29. The van der Waals surface area contributed by atoms with E-state index in [1.165, 1.54) is 0 Å². The smallest absolute Gasteiger partial charge is 0.129 e. The molecule has 0 aromatic carbocycles. The van der Waals surface area contributed by atoms with Crippen LogP contribution in [0.15, 0.2) is 18.3 Å². The summed E-state index contributed by atoms with van der Waals surface area (Å²) in [6.45, 7) is 2.14. The molecule has 1 aromatic heterocycles. The molecule has 0 amide bonds. The fourth-order valence-electron chi connectivity index (χ4n) is 2.38. The van der Waals surface area contributed by atoms with E-state index in [1.54, 1.807) is 6.20 Å². The van der Waals surface area contributed by atoms with Crippen molar-refractivity contribution in [2.75, 3.05) is 0 Å². The molecule has 0 spiro atoms. The maximum atomic E-state index is 9.46. The molecule has 0 radical (unpaired) electrons. The zero-order chi connectivity index (χ0) is 12.3. The normalized spacial score (nSPS) is 26.8. The minimum Gasteiger partial charge on any atom is -0.393 e. The molecule has 4 heteroatoms. The Hall–Kier alpha value is -0.640. The summed E-state index contributed by atoms with van der Waals surface area (Å²) in [4.78, 5) is 3.98. The highest BCUT2D eigenvalue weighted by Crippen LogP contribution is 2.22. The highest BCUT2D eigenvalue weighted by atomic mass is 35.5. The number of rotatable bonds is 3. The van der Waals surface area contributed by atoms with Crippen LogP contribution in [0, 0.1) is 0 Å². The molecule has 1 fully saturated rings. The number of pyridine rings is 1. The predicted molar refractivity (Wildman–Crippen MR) is 69.1 cm³/mol. The molecular weight excluding hydrogens is 236 g/mol. The van der Waals surface area contributed by atoms with Crippen LogP contribution in [-0.4, -0.2) is 22.2 Å². The Balaban J connectivity index is 1.90. The van der Waals surface area contributed by atoms with Crippen LogP contribution in [0.25, 0.3) is 0 Å². The first-order chi connectivity index (χ1) is 8.15. The number of halogens is 1. The van der Waals surface area contributed by atoms with Crippen LogP contribution in [0.2, 0.25) is 5.15 Å². The van der Waals surface area contributed by atoms with Gasteiger partial charge in [0.15, 0.2) is 0 Å². The van der Waals surface area contributed by atoms with E-state index in [-0.39, 0.29) is 12.1 Å². The Labute approximate surface area is 107 Å². The van der Waals surface area contributed by atoms with Crippen molar-refractivity contribution in [1.29, 1.82) is 0 Å². The quantitative estimate of drug-likeness (QED) is 0.816. The molecule has 1 unspecified atom stereocenters. The van der Waals surface area contributed by atoms with Gasteiger partial charge >= 0.3 is 0 Å². The second-order valence-electron chi connectivity index (χ2n) is 4.81. The second kappa shape index (κ2) is 5.80. The van der Waals surface area contributed by atoms with Crippen LogP contribution < -0.4 is 5.32 Å². The van der Waals surface area contributed by atoms with Crippen molar-refractivity contribution in [3.63, 3.8) is 0 Å². The molecule has 1 saturated carbocycles. The van der Waals surface area contributed by atoms with Crippen molar-refractivity contribution in [2.24, 2.45) is 0 Å². The van der Waals surface area contributed by atoms with E-state index in [1.807, 2.05) is 12.1 Å². The van der Waals surface area contributed by atoms with Crippen molar-refractivity contribution in [3.8, 4) is 0 Å². The molecule has 2 rings (SSSR count). The fraction of sp³-hybridized carbons (Fsp3) is 0.615. The Morgan fingerprint density at radius 2 is 2.12 bits per heavy atom. The summed E-state index contributed by atoms with van der Waals surface area (Å²) in [7, 11) is 0. The largest absolute Gasteiger partial charge is 0.393 e. The fourth-order valence-corrected chi connectivity index (χ4v) is 2.56. The first-order valence-electron chi connectivity index (χ1n) is 6.20. The molecule has 1 aliphatic carbocycles. The van der Waals surface area contributed by atoms with Crippen LogP contribution in [-0.2, 0) is 0 Å². The zero-order valence-electron chi connectivity index (χ0n) is 10.1. The number of nitrogens with zero attached hydrogens (tertiary/aromatic N) is 1. The van der Waals surface area contributed by atoms with E-state index in [0.29, 0.717) is 11.2 Å². The first-order valence-corrected chi connectivity index (χ1v) is 6.58. The predicted octanol–water partition coefficient (Wildman–Crippen LogP) is 2.69. The van der Waals surface area contributed by atoms with E-state index in [0.717, 1.165) is 31.2 Å². The zero-order valence-corrected chi connectivity index (χ0v) is 10.8. The third-order valence-electron chi connectivity index (χ3n) is 3.43. The monoisotopic (exact) mass is 254 g/mol. The van der Waals surface area contributed by atoms with Gasteiger partial charge in [-0.05, 0) is 50.3 Å². The average molecular weight is 255 g/mol. The molecule has 1 aliphatic rings. The van der Waals surface area contributed by atoms with Crippen LogP contribution in [0.3, 0.4) is 0 Å². The van der Waals surface area contributed by atoms with Gasteiger partial charge in [0.2, 0.25) is 0 Å². The van der Waals surface area contributed by atoms with Crippen molar-refractivity contribution in [2.45, 2.75) is 50.8 Å². The average Bonchev–Trinajstić information content (AvgIpc) is 2.32. The number of hydrogen-bond acceptors (Lipinski definition) is 3. The molecule has 17 heavy (non-hydrogen) atoms. The number of aliphatic hydroxyl groups excluding tert-OH is 1. The second-order valence-corrected chi connectivity index (χ2v) is 5.19. The van der Waals surface area contributed by atoms with Crippen molar-refractivity contribution >= 4 is 11.6 Å².